The van der Waals surface area contributed by atoms with Crippen LogP contribution >= 0.6 is 11.3 Å². The van der Waals surface area contributed by atoms with Gasteiger partial charge in [0.05, 0.1) is 17.0 Å². The van der Waals surface area contributed by atoms with Gasteiger partial charge in [0.2, 0.25) is 5.88 Å². The Morgan fingerprint density at radius 1 is 1.25 bits per heavy atom. The van der Waals surface area contributed by atoms with Crippen molar-refractivity contribution in [2.24, 2.45) is 0 Å². The number of benzene rings is 1. The molecule has 1 N–H and O–H groups in total. The largest absolute Gasteiger partial charge is 0.481 e. The number of hydrogen-bond donors (Lipinski definition) is 1. The maximum atomic E-state index is 13.7. The van der Waals surface area contributed by atoms with Crippen molar-refractivity contribution in [2.45, 2.75) is 26.7 Å². The topological polar surface area (TPSA) is 71.1 Å². The molecule has 4 aromatic rings. The molecule has 0 saturated carbocycles. The third-order valence-corrected chi connectivity index (χ3v) is 6.33. The molecule has 8 heteroatoms. The van der Waals surface area contributed by atoms with Crippen LogP contribution in [0.1, 0.15) is 34.4 Å². The highest BCUT2D eigenvalue weighted by Gasteiger charge is 2.24. The number of aryl methyl sites for hydroxylation is 1. The van der Waals surface area contributed by atoms with Crippen molar-refractivity contribution in [2.75, 3.05) is 20.2 Å². The predicted octanol–water partition coefficient (Wildman–Crippen LogP) is 5.24. The lowest BCUT2D eigenvalue weighted by Crippen LogP contribution is -2.34. The van der Waals surface area contributed by atoms with Gasteiger partial charge in [0, 0.05) is 48.0 Å². The first kappa shape index (κ1) is 22.0. The summed E-state index contributed by atoms with van der Waals surface area (Å²) in [5, 5.41) is 1.67. The number of carbonyl (C=O) groups excluding carboxylic acids is 1. The highest BCUT2D eigenvalue weighted by molar-refractivity contribution is 7.15. The van der Waals surface area contributed by atoms with E-state index < -0.39 is 0 Å². The third kappa shape index (κ3) is 4.50. The molecule has 0 atom stereocenters. The number of nitrogens with zero attached hydrogens (tertiary/aromatic N) is 3. The Hall–Kier alpha value is -3.26. The number of pyridine rings is 1. The average molecular weight is 453 g/mol. The number of fused-ring (bicyclic) bond motifs is 1. The number of amides is 1. The smallest absolute Gasteiger partial charge is 0.274 e. The van der Waals surface area contributed by atoms with Gasteiger partial charge >= 0.3 is 0 Å². The Bertz CT molecular complexity index is 1230. The second kappa shape index (κ2) is 9.48. The quantitative estimate of drug-likeness (QED) is 0.397. The van der Waals surface area contributed by atoms with Gasteiger partial charge in [-0.05, 0) is 49.6 Å². The van der Waals surface area contributed by atoms with Crippen LogP contribution in [-0.4, -0.2) is 46.0 Å². The molecule has 3 heterocycles. The van der Waals surface area contributed by atoms with Crippen molar-refractivity contribution in [3.05, 3.63) is 64.8 Å². The number of rotatable bonds is 8. The molecule has 0 fully saturated rings. The lowest BCUT2D eigenvalue weighted by Gasteiger charge is -2.21. The Morgan fingerprint density at radius 3 is 2.81 bits per heavy atom. The van der Waals surface area contributed by atoms with Crippen LogP contribution < -0.4 is 4.74 Å². The molecular formula is C24H25FN4O2S. The van der Waals surface area contributed by atoms with Crippen LogP contribution in [0.2, 0.25) is 0 Å². The summed E-state index contributed by atoms with van der Waals surface area (Å²) in [5.74, 6) is 0.147. The molecule has 0 unspecified atom stereocenters. The average Bonchev–Trinajstić information content (AvgIpc) is 3.39. The lowest BCUT2D eigenvalue weighted by molar-refractivity contribution is 0.0753. The van der Waals surface area contributed by atoms with Crippen LogP contribution in [0.3, 0.4) is 0 Å². The van der Waals surface area contributed by atoms with Crippen molar-refractivity contribution < 1.29 is 13.9 Å². The maximum absolute atomic E-state index is 13.7. The molecule has 1 aromatic carbocycles. The van der Waals surface area contributed by atoms with Gasteiger partial charge < -0.3 is 14.6 Å². The molecule has 0 aliphatic heterocycles. The van der Waals surface area contributed by atoms with Gasteiger partial charge in [0.1, 0.15) is 11.5 Å². The van der Waals surface area contributed by atoms with E-state index in [9.17, 15) is 9.18 Å². The van der Waals surface area contributed by atoms with Crippen LogP contribution in [0.5, 0.6) is 5.88 Å². The first-order valence-corrected chi connectivity index (χ1v) is 11.3. The molecule has 32 heavy (non-hydrogen) atoms. The summed E-state index contributed by atoms with van der Waals surface area (Å²) in [7, 11) is 1.57. The minimum Gasteiger partial charge on any atom is -0.481 e. The van der Waals surface area contributed by atoms with Gasteiger partial charge in [-0.1, -0.05) is 6.92 Å². The Balaban J connectivity index is 1.58. The SMILES string of the molecule is CCCN(CCc1c[nH]c2ccc(F)cc12)C(=O)c1nc(C)sc1-c1ccc(OC)nc1. The summed E-state index contributed by atoms with van der Waals surface area (Å²) in [4.78, 5) is 28.1. The molecule has 6 nitrogen and oxygen atoms in total. The number of ether oxygens (including phenoxy) is 1. The number of aromatic nitrogens is 3. The van der Waals surface area contributed by atoms with E-state index in [2.05, 4.69) is 15.0 Å². The van der Waals surface area contributed by atoms with E-state index in [0.717, 1.165) is 38.3 Å². The van der Waals surface area contributed by atoms with Crippen molar-refractivity contribution in [3.8, 4) is 16.3 Å². The molecular weight excluding hydrogens is 427 g/mol. The van der Waals surface area contributed by atoms with Gasteiger partial charge in [-0.25, -0.2) is 14.4 Å². The van der Waals surface area contributed by atoms with Gasteiger partial charge in [-0.3, -0.25) is 4.79 Å². The summed E-state index contributed by atoms with van der Waals surface area (Å²) in [6.07, 6.45) is 5.04. The molecule has 166 valence electrons. The van der Waals surface area contributed by atoms with Gasteiger partial charge in [0.25, 0.3) is 5.91 Å². The fourth-order valence-corrected chi connectivity index (χ4v) is 4.65. The van der Waals surface area contributed by atoms with Gasteiger partial charge in [-0.15, -0.1) is 11.3 Å². The van der Waals surface area contributed by atoms with E-state index in [-0.39, 0.29) is 11.7 Å². The minimum absolute atomic E-state index is 0.104. The molecule has 3 aromatic heterocycles. The Kier molecular flexibility index (Phi) is 6.50. The zero-order valence-electron chi connectivity index (χ0n) is 18.3. The molecule has 0 radical (unpaired) electrons. The molecule has 0 saturated heterocycles. The second-order valence-corrected chi connectivity index (χ2v) is 8.75. The van der Waals surface area contributed by atoms with Crippen molar-refractivity contribution >= 4 is 28.1 Å². The molecule has 0 aliphatic carbocycles. The van der Waals surface area contributed by atoms with Crippen LogP contribution in [0.15, 0.2) is 42.7 Å². The number of nitrogens with one attached hydrogen (secondary N) is 1. The van der Waals surface area contributed by atoms with E-state index >= 15 is 0 Å². The van der Waals surface area contributed by atoms with Gasteiger partial charge in [0.15, 0.2) is 0 Å². The fourth-order valence-electron chi connectivity index (χ4n) is 3.75. The Labute approximate surface area is 190 Å². The Morgan fingerprint density at radius 2 is 2.09 bits per heavy atom. The fraction of sp³-hybridized carbons (Fsp3) is 0.292. The summed E-state index contributed by atoms with van der Waals surface area (Å²) in [5.41, 5.74) is 3.16. The molecule has 1 amide bonds. The monoisotopic (exact) mass is 452 g/mol. The molecule has 0 aliphatic rings. The van der Waals surface area contributed by atoms with E-state index in [0.29, 0.717) is 31.1 Å². The molecule has 4 rings (SSSR count). The zero-order valence-corrected chi connectivity index (χ0v) is 19.1. The van der Waals surface area contributed by atoms with Gasteiger partial charge in [-0.2, -0.15) is 0 Å². The standard InChI is InChI=1S/C24H25FN4O2S/c1-4-10-29(11-9-16-13-26-20-7-6-18(25)12-19(16)20)24(30)22-23(32-15(2)28-22)17-5-8-21(31-3)27-14-17/h5-8,12-14,26H,4,9-11H2,1-3H3. The first-order chi connectivity index (χ1) is 15.5. The number of halogens is 1. The van der Waals surface area contributed by atoms with Crippen LogP contribution in [0, 0.1) is 12.7 Å². The molecule has 0 spiro atoms. The van der Waals surface area contributed by atoms with Crippen LogP contribution in [0.25, 0.3) is 21.3 Å². The minimum atomic E-state index is -0.268. The number of hydrogen-bond acceptors (Lipinski definition) is 5. The van der Waals surface area contributed by atoms with Crippen molar-refractivity contribution in [1.82, 2.24) is 19.9 Å². The second-order valence-electron chi connectivity index (χ2n) is 7.55. The summed E-state index contributed by atoms with van der Waals surface area (Å²) < 4.78 is 18.9. The van der Waals surface area contributed by atoms with E-state index in [4.69, 9.17) is 4.74 Å². The lowest BCUT2D eigenvalue weighted by atomic mass is 10.1. The first-order valence-electron chi connectivity index (χ1n) is 10.5. The summed E-state index contributed by atoms with van der Waals surface area (Å²) in [6, 6.07) is 8.37. The number of methoxy groups -OCH3 is 1. The third-order valence-electron chi connectivity index (χ3n) is 5.31. The zero-order chi connectivity index (χ0) is 22.7. The van der Waals surface area contributed by atoms with Crippen molar-refractivity contribution in [1.29, 1.82) is 0 Å². The van der Waals surface area contributed by atoms with Crippen LogP contribution in [-0.2, 0) is 6.42 Å². The van der Waals surface area contributed by atoms with E-state index in [1.165, 1.54) is 23.5 Å². The highest BCUT2D eigenvalue weighted by Crippen LogP contribution is 2.31. The number of aromatic amines is 1. The normalized spacial score (nSPS) is 11.1. The van der Waals surface area contributed by atoms with E-state index in [1.807, 2.05) is 31.0 Å². The highest BCUT2D eigenvalue weighted by atomic mass is 32.1. The predicted molar refractivity (Wildman–Crippen MR) is 125 cm³/mol. The van der Waals surface area contributed by atoms with Crippen LogP contribution in [0.4, 0.5) is 4.39 Å². The number of H-pyrrole nitrogens is 1. The molecule has 0 bridgehead atoms. The number of thiazole rings is 1. The van der Waals surface area contributed by atoms with E-state index in [1.54, 1.807) is 25.4 Å². The summed E-state index contributed by atoms with van der Waals surface area (Å²) in [6.45, 7) is 5.08. The maximum Gasteiger partial charge on any atom is 0.274 e. The van der Waals surface area contributed by atoms with Crippen molar-refractivity contribution in [3.63, 3.8) is 0 Å². The number of carbonyl (C=O) groups is 1. The summed E-state index contributed by atoms with van der Waals surface area (Å²) >= 11 is 1.48.